The zero-order valence-corrected chi connectivity index (χ0v) is 7.67. The number of halogens is 1. The van der Waals surface area contributed by atoms with Crippen LogP contribution in [0.2, 0.25) is 5.02 Å². The Kier molecular flexibility index (Phi) is 3.53. The van der Waals surface area contributed by atoms with Gasteiger partial charge >= 0.3 is 0 Å². The lowest BCUT2D eigenvalue weighted by molar-refractivity contribution is 0.133. The standard InChI is InChI=1S/C9H12ClNO/c1-7(11-12)6-8-2-4-9(10)5-3-8/h2-5,7,11-12H,6H2,1H3/t7-/m0/s1. The third-order valence-corrected chi connectivity index (χ3v) is 1.93. The molecule has 2 nitrogen and oxygen atoms in total. The van der Waals surface area contributed by atoms with Crippen molar-refractivity contribution in [2.75, 3.05) is 0 Å². The lowest BCUT2D eigenvalue weighted by Gasteiger charge is -2.08. The fourth-order valence-corrected chi connectivity index (χ4v) is 1.15. The molecule has 66 valence electrons. The molecule has 1 aromatic rings. The molecule has 0 aliphatic rings. The summed E-state index contributed by atoms with van der Waals surface area (Å²) in [6.07, 6.45) is 0.799. The van der Waals surface area contributed by atoms with Gasteiger partial charge in [-0.1, -0.05) is 23.7 Å². The summed E-state index contributed by atoms with van der Waals surface area (Å²) in [6.45, 7) is 1.91. The van der Waals surface area contributed by atoms with Crippen LogP contribution in [0.1, 0.15) is 12.5 Å². The predicted octanol–water partition coefficient (Wildman–Crippen LogP) is 2.25. The van der Waals surface area contributed by atoms with Gasteiger partial charge < -0.3 is 5.21 Å². The van der Waals surface area contributed by atoms with E-state index in [2.05, 4.69) is 5.48 Å². The number of hydroxylamine groups is 1. The van der Waals surface area contributed by atoms with Gasteiger partial charge in [0, 0.05) is 11.1 Å². The molecule has 0 saturated heterocycles. The number of benzene rings is 1. The minimum atomic E-state index is 0.0752. The largest absolute Gasteiger partial charge is 0.317 e. The molecule has 0 aliphatic heterocycles. The Labute approximate surface area is 77.1 Å². The van der Waals surface area contributed by atoms with Gasteiger partial charge in [0.15, 0.2) is 0 Å². The molecular formula is C9H12ClNO. The van der Waals surface area contributed by atoms with E-state index in [1.54, 1.807) is 0 Å². The second-order valence-electron chi connectivity index (χ2n) is 2.86. The van der Waals surface area contributed by atoms with Crippen molar-refractivity contribution < 1.29 is 5.21 Å². The molecule has 2 N–H and O–H groups in total. The van der Waals surface area contributed by atoms with Gasteiger partial charge in [-0.25, -0.2) is 5.48 Å². The minimum absolute atomic E-state index is 0.0752. The van der Waals surface area contributed by atoms with Gasteiger partial charge in [0.2, 0.25) is 0 Å². The minimum Gasteiger partial charge on any atom is -0.317 e. The summed E-state index contributed by atoms with van der Waals surface area (Å²) in [4.78, 5) is 0. The third kappa shape index (κ3) is 2.81. The Morgan fingerprint density at radius 2 is 2.00 bits per heavy atom. The summed E-state index contributed by atoms with van der Waals surface area (Å²) in [7, 11) is 0. The van der Waals surface area contributed by atoms with E-state index in [-0.39, 0.29) is 6.04 Å². The van der Waals surface area contributed by atoms with Crippen LogP contribution in [0.5, 0.6) is 0 Å². The van der Waals surface area contributed by atoms with Crippen molar-refractivity contribution in [3.63, 3.8) is 0 Å². The van der Waals surface area contributed by atoms with E-state index in [0.717, 1.165) is 17.0 Å². The van der Waals surface area contributed by atoms with Crippen molar-refractivity contribution in [1.82, 2.24) is 5.48 Å². The van der Waals surface area contributed by atoms with E-state index < -0.39 is 0 Å². The molecule has 0 amide bonds. The highest BCUT2D eigenvalue weighted by atomic mass is 35.5. The number of hydrogen-bond donors (Lipinski definition) is 2. The van der Waals surface area contributed by atoms with Crippen LogP contribution in [0.25, 0.3) is 0 Å². The van der Waals surface area contributed by atoms with Crippen LogP contribution in [0.3, 0.4) is 0 Å². The second-order valence-corrected chi connectivity index (χ2v) is 3.30. The molecule has 3 heteroatoms. The Morgan fingerprint density at radius 3 is 2.50 bits per heavy atom. The molecule has 1 aromatic carbocycles. The van der Waals surface area contributed by atoms with Gasteiger partial charge in [0.1, 0.15) is 0 Å². The number of hydrogen-bond acceptors (Lipinski definition) is 2. The van der Waals surface area contributed by atoms with Crippen molar-refractivity contribution in [3.05, 3.63) is 34.9 Å². The van der Waals surface area contributed by atoms with Crippen LogP contribution in [-0.4, -0.2) is 11.2 Å². The van der Waals surface area contributed by atoms with Crippen LogP contribution >= 0.6 is 11.6 Å². The summed E-state index contributed by atoms with van der Waals surface area (Å²) in [5, 5.41) is 9.31. The molecule has 0 aliphatic carbocycles. The van der Waals surface area contributed by atoms with Gasteiger partial charge in [-0.3, -0.25) is 0 Å². The highest BCUT2D eigenvalue weighted by molar-refractivity contribution is 6.30. The average Bonchev–Trinajstić information content (AvgIpc) is 2.09. The monoisotopic (exact) mass is 185 g/mol. The molecule has 0 heterocycles. The maximum Gasteiger partial charge on any atom is 0.0406 e. The van der Waals surface area contributed by atoms with Crippen LogP contribution in [0, 0.1) is 0 Å². The summed E-state index contributed by atoms with van der Waals surface area (Å²) in [6, 6.07) is 7.68. The smallest absolute Gasteiger partial charge is 0.0406 e. The molecule has 12 heavy (non-hydrogen) atoms. The lowest BCUT2D eigenvalue weighted by atomic mass is 10.1. The van der Waals surface area contributed by atoms with E-state index in [9.17, 15) is 0 Å². The van der Waals surface area contributed by atoms with Crippen molar-refractivity contribution >= 4 is 11.6 Å². The Morgan fingerprint density at radius 1 is 1.42 bits per heavy atom. The predicted molar refractivity (Wildman–Crippen MR) is 49.5 cm³/mol. The van der Waals surface area contributed by atoms with Gasteiger partial charge in [-0.15, -0.1) is 0 Å². The van der Waals surface area contributed by atoms with Crippen LogP contribution < -0.4 is 5.48 Å². The molecule has 0 aromatic heterocycles. The lowest BCUT2D eigenvalue weighted by Crippen LogP contribution is -2.24. The first-order chi connectivity index (χ1) is 5.72. The van der Waals surface area contributed by atoms with Crippen molar-refractivity contribution in [2.24, 2.45) is 0 Å². The van der Waals surface area contributed by atoms with E-state index >= 15 is 0 Å². The average molecular weight is 186 g/mol. The molecule has 0 spiro atoms. The molecule has 0 radical (unpaired) electrons. The van der Waals surface area contributed by atoms with Gasteiger partial charge in [0.25, 0.3) is 0 Å². The molecule has 0 unspecified atom stereocenters. The summed E-state index contributed by atoms with van der Waals surface area (Å²) >= 11 is 5.72. The number of nitrogens with one attached hydrogen (secondary N) is 1. The molecule has 0 saturated carbocycles. The van der Waals surface area contributed by atoms with E-state index in [4.69, 9.17) is 16.8 Å². The van der Waals surface area contributed by atoms with Crippen LogP contribution in [0.4, 0.5) is 0 Å². The highest BCUT2D eigenvalue weighted by Crippen LogP contribution is 2.10. The second kappa shape index (κ2) is 4.45. The molecular weight excluding hydrogens is 174 g/mol. The summed E-state index contributed by atoms with van der Waals surface area (Å²) in [5.74, 6) is 0. The Hall–Kier alpha value is -0.570. The van der Waals surface area contributed by atoms with Gasteiger partial charge in [0.05, 0.1) is 0 Å². The molecule has 0 bridgehead atoms. The maximum atomic E-state index is 8.57. The first-order valence-corrected chi connectivity index (χ1v) is 4.24. The van der Waals surface area contributed by atoms with E-state index in [0.29, 0.717) is 0 Å². The molecule has 1 rings (SSSR count). The normalized spacial score (nSPS) is 12.9. The summed E-state index contributed by atoms with van der Waals surface area (Å²) in [5.41, 5.74) is 3.36. The zero-order chi connectivity index (χ0) is 8.97. The Bertz CT molecular complexity index is 235. The Balaban J connectivity index is 2.58. The molecule has 1 atom stereocenters. The fraction of sp³-hybridized carbons (Fsp3) is 0.333. The van der Waals surface area contributed by atoms with Crippen molar-refractivity contribution in [2.45, 2.75) is 19.4 Å². The third-order valence-electron chi connectivity index (χ3n) is 1.68. The highest BCUT2D eigenvalue weighted by Gasteiger charge is 2.00. The molecule has 0 fully saturated rings. The SMILES string of the molecule is C[C@@H](Cc1ccc(Cl)cc1)NO. The van der Waals surface area contributed by atoms with Crippen LogP contribution in [-0.2, 0) is 6.42 Å². The van der Waals surface area contributed by atoms with Gasteiger partial charge in [-0.05, 0) is 31.0 Å². The zero-order valence-electron chi connectivity index (χ0n) is 6.92. The summed E-state index contributed by atoms with van der Waals surface area (Å²) < 4.78 is 0. The first kappa shape index (κ1) is 9.52. The quantitative estimate of drug-likeness (QED) is 0.708. The fourth-order valence-electron chi connectivity index (χ4n) is 1.02. The van der Waals surface area contributed by atoms with E-state index in [1.807, 2.05) is 31.2 Å². The van der Waals surface area contributed by atoms with Crippen LogP contribution in [0.15, 0.2) is 24.3 Å². The topological polar surface area (TPSA) is 32.3 Å². The number of rotatable bonds is 3. The van der Waals surface area contributed by atoms with Crippen molar-refractivity contribution in [3.8, 4) is 0 Å². The first-order valence-electron chi connectivity index (χ1n) is 3.86. The maximum absolute atomic E-state index is 8.57. The van der Waals surface area contributed by atoms with Crippen molar-refractivity contribution in [1.29, 1.82) is 0 Å². The van der Waals surface area contributed by atoms with E-state index in [1.165, 1.54) is 0 Å². The van der Waals surface area contributed by atoms with Gasteiger partial charge in [-0.2, -0.15) is 0 Å².